The van der Waals surface area contributed by atoms with E-state index in [0.717, 1.165) is 22.2 Å². The lowest BCUT2D eigenvalue weighted by molar-refractivity contribution is 0.601. The molecule has 2 aromatic carbocycles. The molecule has 0 atom stereocenters. The van der Waals surface area contributed by atoms with Crippen molar-refractivity contribution in [3.05, 3.63) is 57.3 Å². The Hall–Kier alpha value is -1.11. The summed E-state index contributed by atoms with van der Waals surface area (Å²) in [5, 5.41) is 0.120. The number of sulfonamides is 1. The highest BCUT2D eigenvalue weighted by Crippen LogP contribution is 2.24. The van der Waals surface area contributed by atoms with E-state index in [1.807, 2.05) is 0 Å². The Kier molecular flexibility index (Phi) is 4.36. The Bertz CT molecular complexity index is 745. The van der Waals surface area contributed by atoms with Gasteiger partial charge in [-0.25, -0.2) is 12.8 Å². The lowest BCUT2D eigenvalue weighted by atomic mass is 10.2. The van der Waals surface area contributed by atoms with E-state index in [9.17, 15) is 12.8 Å². The second kappa shape index (κ2) is 5.71. The molecule has 0 bridgehead atoms. The van der Waals surface area contributed by atoms with Crippen LogP contribution in [0.4, 0.5) is 10.1 Å². The monoisotopic (exact) mass is 377 g/mol. The quantitative estimate of drug-likeness (QED) is 0.863. The molecule has 0 saturated heterocycles. The summed E-state index contributed by atoms with van der Waals surface area (Å²) < 4.78 is 40.7. The number of anilines is 1. The SMILES string of the molecule is Cc1cc(S(=O)(=O)Nc2cc(F)cc(Cl)c2)ccc1Br. The molecular formula is C13H10BrClFNO2S. The molecule has 0 unspecified atom stereocenters. The Balaban J connectivity index is 2.37. The number of nitrogens with one attached hydrogen (secondary N) is 1. The fourth-order valence-corrected chi connectivity index (χ4v) is 3.20. The number of rotatable bonds is 3. The standard InChI is InChI=1S/C13H10BrClFNO2S/c1-8-4-12(2-3-13(8)14)20(18,19)17-11-6-9(15)5-10(16)7-11/h2-7,17H,1H3. The number of hydrogen-bond donors (Lipinski definition) is 1. The van der Waals surface area contributed by atoms with E-state index >= 15 is 0 Å². The fraction of sp³-hybridized carbons (Fsp3) is 0.0769. The molecule has 0 aliphatic carbocycles. The summed E-state index contributed by atoms with van der Waals surface area (Å²) >= 11 is 8.99. The average molecular weight is 379 g/mol. The zero-order valence-corrected chi connectivity index (χ0v) is 13.5. The molecule has 0 heterocycles. The fourth-order valence-electron chi connectivity index (χ4n) is 1.61. The van der Waals surface area contributed by atoms with E-state index in [1.165, 1.54) is 18.2 Å². The minimum Gasteiger partial charge on any atom is -0.279 e. The van der Waals surface area contributed by atoms with E-state index in [0.29, 0.717) is 0 Å². The Morgan fingerprint density at radius 2 is 1.90 bits per heavy atom. The maximum absolute atomic E-state index is 13.2. The van der Waals surface area contributed by atoms with Gasteiger partial charge in [0.1, 0.15) is 5.82 Å². The highest BCUT2D eigenvalue weighted by molar-refractivity contribution is 9.10. The predicted molar refractivity (Wildman–Crippen MR) is 81.1 cm³/mol. The lowest BCUT2D eigenvalue weighted by Gasteiger charge is -2.10. The second-order valence-corrected chi connectivity index (χ2v) is 7.15. The van der Waals surface area contributed by atoms with Crippen LogP contribution in [-0.4, -0.2) is 8.42 Å². The molecule has 0 aromatic heterocycles. The van der Waals surface area contributed by atoms with Crippen molar-refractivity contribution >= 4 is 43.2 Å². The molecule has 2 aromatic rings. The van der Waals surface area contributed by atoms with Crippen LogP contribution in [0.3, 0.4) is 0 Å². The normalized spacial score (nSPS) is 11.4. The van der Waals surface area contributed by atoms with Crippen LogP contribution in [-0.2, 0) is 10.0 Å². The summed E-state index contributed by atoms with van der Waals surface area (Å²) in [7, 11) is -3.78. The molecule has 0 radical (unpaired) electrons. The van der Waals surface area contributed by atoms with Crippen LogP contribution in [0.2, 0.25) is 5.02 Å². The van der Waals surface area contributed by atoms with E-state index in [4.69, 9.17) is 11.6 Å². The summed E-state index contributed by atoms with van der Waals surface area (Å²) in [6.45, 7) is 1.78. The Labute approximate surface area is 130 Å². The van der Waals surface area contributed by atoms with E-state index in [-0.39, 0.29) is 15.6 Å². The molecule has 1 N–H and O–H groups in total. The van der Waals surface area contributed by atoms with Gasteiger partial charge in [-0.1, -0.05) is 27.5 Å². The molecule has 0 aliphatic rings. The predicted octanol–water partition coefficient (Wildman–Crippen LogP) is 4.35. The lowest BCUT2D eigenvalue weighted by Crippen LogP contribution is -2.13. The third-order valence-corrected chi connectivity index (χ3v) is 5.04. The van der Waals surface area contributed by atoms with Gasteiger partial charge >= 0.3 is 0 Å². The van der Waals surface area contributed by atoms with E-state index in [1.54, 1.807) is 13.0 Å². The van der Waals surface area contributed by atoms with Gasteiger partial charge in [-0.2, -0.15) is 0 Å². The Morgan fingerprint density at radius 1 is 1.20 bits per heavy atom. The highest BCUT2D eigenvalue weighted by Gasteiger charge is 2.15. The van der Waals surface area contributed by atoms with Crippen molar-refractivity contribution in [1.82, 2.24) is 0 Å². The van der Waals surface area contributed by atoms with Crippen molar-refractivity contribution in [2.24, 2.45) is 0 Å². The van der Waals surface area contributed by atoms with Crippen molar-refractivity contribution < 1.29 is 12.8 Å². The van der Waals surface area contributed by atoms with Crippen molar-refractivity contribution in [2.45, 2.75) is 11.8 Å². The summed E-state index contributed by atoms with van der Waals surface area (Å²) in [6, 6.07) is 8.13. The first-order valence-corrected chi connectivity index (χ1v) is 8.18. The number of aryl methyl sites for hydroxylation is 1. The van der Waals surface area contributed by atoms with Crippen LogP contribution in [0.25, 0.3) is 0 Å². The minimum atomic E-state index is -3.78. The van der Waals surface area contributed by atoms with Crippen LogP contribution in [0, 0.1) is 12.7 Å². The van der Waals surface area contributed by atoms with Gasteiger partial charge in [-0.05, 0) is 48.9 Å². The zero-order valence-electron chi connectivity index (χ0n) is 10.3. The molecule has 0 spiro atoms. The molecule has 20 heavy (non-hydrogen) atoms. The van der Waals surface area contributed by atoms with Gasteiger partial charge in [0.2, 0.25) is 0 Å². The maximum Gasteiger partial charge on any atom is 0.261 e. The van der Waals surface area contributed by atoms with Gasteiger partial charge in [0.05, 0.1) is 10.6 Å². The first-order chi connectivity index (χ1) is 9.28. The van der Waals surface area contributed by atoms with Gasteiger partial charge in [0, 0.05) is 9.50 Å². The first kappa shape index (κ1) is 15.3. The molecule has 0 saturated carbocycles. The maximum atomic E-state index is 13.2. The van der Waals surface area contributed by atoms with Crippen molar-refractivity contribution in [2.75, 3.05) is 4.72 Å². The Morgan fingerprint density at radius 3 is 2.50 bits per heavy atom. The van der Waals surface area contributed by atoms with Gasteiger partial charge in [0.15, 0.2) is 0 Å². The summed E-state index contributed by atoms with van der Waals surface area (Å²) in [5.74, 6) is -0.609. The molecular weight excluding hydrogens is 369 g/mol. The van der Waals surface area contributed by atoms with Crippen LogP contribution >= 0.6 is 27.5 Å². The van der Waals surface area contributed by atoms with Gasteiger partial charge in [-0.15, -0.1) is 0 Å². The largest absolute Gasteiger partial charge is 0.279 e. The van der Waals surface area contributed by atoms with E-state index < -0.39 is 15.8 Å². The number of halogens is 3. The molecule has 0 amide bonds. The topological polar surface area (TPSA) is 46.2 Å². The van der Waals surface area contributed by atoms with Gasteiger partial charge in [0.25, 0.3) is 10.0 Å². The second-order valence-electron chi connectivity index (χ2n) is 4.17. The minimum absolute atomic E-state index is 0.0792. The van der Waals surface area contributed by atoms with Gasteiger partial charge < -0.3 is 0 Å². The van der Waals surface area contributed by atoms with Crippen molar-refractivity contribution in [3.63, 3.8) is 0 Å². The summed E-state index contributed by atoms with van der Waals surface area (Å²) in [4.78, 5) is 0.0959. The van der Waals surface area contributed by atoms with Crippen LogP contribution in [0.15, 0.2) is 45.8 Å². The van der Waals surface area contributed by atoms with Crippen molar-refractivity contribution in [1.29, 1.82) is 0 Å². The molecule has 106 valence electrons. The molecule has 7 heteroatoms. The third kappa shape index (κ3) is 3.50. The van der Waals surface area contributed by atoms with Crippen LogP contribution in [0.1, 0.15) is 5.56 Å². The number of hydrogen-bond acceptors (Lipinski definition) is 2. The van der Waals surface area contributed by atoms with Crippen LogP contribution < -0.4 is 4.72 Å². The smallest absolute Gasteiger partial charge is 0.261 e. The average Bonchev–Trinajstić information content (AvgIpc) is 2.30. The molecule has 2 rings (SSSR count). The van der Waals surface area contributed by atoms with Crippen LogP contribution in [0.5, 0.6) is 0 Å². The zero-order chi connectivity index (χ0) is 14.9. The molecule has 3 nitrogen and oxygen atoms in total. The first-order valence-electron chi connectivity index (χ1n) is 5.53. The van der Waals surface area contributed by atoms with Gasteiger partial charge in [-0.3, -0.25) is 4.72 Å². The summed E-state index contributed by atoms with van der Waals surface area (Å²) in [5.41, 5.74) is 0.862. The highest BCUT2D eigenvalue weighted by atomic mass is 79.9. The van der Waals surface area contributed by atoms with E-state index in [2.05, 4.69) is 20.7 Å². The molecule has 0 aliphatic heterocycles. The third-order valence-electron chi connectivity index (χ3n) is 2.55. The van der Waals surface area contributed by atoms with Crippen molar-refractivity contribution in [3.8, 4) is 0 Å². The summed E-state index contributed by atoms with van der Waals surface area (Å²) in [6.07, 6.45) is 0. The molecule has 0 fully saturated rings. The number of benzene rings is 2.